The van der Waals surface area contributed by atoms with E-state index in [1.807, 2.05) is 6.92 Å². The third kappa shape index (κ3) is 22.0. The minimum absolute atomic E-state index is 0.0652. The van der Waals surface area contributed by atoms with Crippen LogP contribution in [-0.4, -0.2) is 178 Å². The van der Waals surface area contributed by atoms with Gasteiger partial charge in [0, 0.05) is 62.0 Å². The summed E-state index contributed by atoms with van der Waals surface area (Å²) in [5.74, 6) is -17.5. The van der Waals surface area contributed by atoms with Gasteiger partial charge in [-0.25, -0.2) is 9.59 Å². The number of unbranched alkanes of at least 4 members (excludes halogenated alkanes) is 1. The highest BCUT2D eigenvalue weighted by Crippen LogP contribution is 2.58. The summed E-state index contributed by atoms with van der Waals surface area (Å²) in [5.41, 5.74) is -2.71. The number of nitrogens with zero attached hydrogens (tertiary/aromatic N) is 1. The number of aromatic hydroxyl groups is 3. The number of aliphatic hydroxyl groups excluding tert-OH is 5. The van der Waals surface area contributed by atoms with Gasteiger partial charge >= 0.3 is 18.1 Å². The number of aryl methyl sites for hydroxylation is 1. The zero-order valence-electron chi connectivity index (χ0n) is 72.7. The van der Waals surface area contributed by atoms with Crippen LogP contribution >= 0.6 is 23.2 Å². The molecule has 34 heteroatoms. The van der Waals surface area contributed by atoms with E-state index in [-0.39, 0.29) is 93.5 Å². The monoisotopic (exact) mass is 1810 g/mol. The Morgan fingerprint density at radius 1 is 0.633 bits per heavy atom. The van der Waals surface area contributed by atoms with Crippen molar-refractivity contribution in [3.63, 3.8) is 0 Å². The number of anilines is 1. The fraction of sp³-hybridized carbons (Fsp3) is 0.500. The zero-order chi connectivity index (χ0) is 92.6. The summed E-state index contributed by atoms with van der Waals surface area (Å²) in [6.45, 7) is 15.2. The number of hydrogen-bond acceptors (Lipinski definition) is 25. The van der Waals surface area contributed by atoms with Gasteiger partial charge in [-0.15, -0.1) is 0 Å². The molecule has 4 saturated carbocycles. The van der Waals surface area contributed by atoms with Crippen LogP contribution in [0.3, 0.4) is 0 Å². The Morgan fingerprint density at radius 3 is 1.85 bits per heavy atom. The van der Waals surface area contributed by atoms with Crippen LogP contribution in [0, 0.1) is 41.4 Å². The molecule has 14 N–H and O–H groups in total. The van der Waals surface area contributed by atoms with Gasteiger partial charge in [0.2, 0.25) is 41.6 Å². The van der Waals surface area contributed by atoms with Crippen molar-refractivity contribution in [2.75, 3.05) is 12.4 Å². The van der Waals surface area contributed by atoms with E-state index in [2.05, 4.69) is 31.9 Å². The Bertz CT molecular complexity index is 5240. The minimum Gasteiger partial charge on any atom is -0.508 e. The van der Waals surface area contributed by atoms with E-state index in [1.165, 1.54) is 43.4 Å². The molecule has 16 rings (SSSR count). The highest BCUT2D eigenvalue weighted by Gasteiger charge is 2.52. The second-order valence-corrected chi connectivity index (χ2v) is 38.1. The van der Waals surface area contributed by atoms with Crippen LogP contribution in [0.15, 0.2) is 103 Å². The van der Waals surface area contributed by atoms with Crippen molar-refractivity contribution in [3.05, 3.63) is 147 Å². The maximum absolute atomic E-state index is 16.8. The Kier molecular flexibility index (Phi) is 28.9. The van der Waals surface area contributed by atoms with Crippen LogP contribution in [0.4, 0.5) is 15.3 Å². The molecule has 15 bridgehead atoms. The second-order valence-electron chi connectivity index (χ2n) is 37.2. The van der Waals surface area contributed by atoms with Crippen LogP contribution in [0.5, 0.6) is 46.0 Å². The van der Waals surface area contributed by atoms with Crippen molar-refractivity contribution >= 4 is 93.9 Å². The third-order valence-corrected chi connectivity index (χ3v) is 25.4. The normalized spacial score (nSPS) is 26.6. The number of carbonyl (C=O) groups excluding carboxylic acids is 11. The molecule has 32 nitrogen and oxygen atoms in total. The number of amides is 8. The van der Waals surface area contributed by atoms with Gasteiger partial charge < -0.3 is 95.9 Å². The van der Waals surface area contributed by atoms with Crippen molar-refractivity contribution in [3.8, 4) is 57.1 Å². The van der Waals surface area contributed by atoms with Crippen molar-refractivity contribution in [2.45, 2.75) is 249 Å². The topological polar surface area (TPSA) is 480 Å². The summed E-state index contributed by atoms with van der Waals surface area (Å²) in [7, 11) is 1.29. The van der Waals surface area contributed by atoms with Crippen molar-refractivity contribution in [1.82, 2.24) is 31.5 Å². The van der Waals surface area contributed by atoms with Gasteiger partial charge in [0.05, 0.1) is 28.0 Å². The number of nitrogens with one attached hydrogen (secondary N) is 6. The number of phenolic OH excluding ortho intramolecular Hbond substituents is 3. The van der Waals surface area contributed by atoms with E-state index in [4.69, 9.17) is 51.6 Å². The molecule has 1 saturated heterocycles. The molecule has 6 aliphatic heterocycles. The molecule has 8 amide bonds. The SMILES string of the molecule is CCCCc1ccc(NC(=O)NC(=O)C[C@@H]2CC(=O)[C@H](NC(=O)[C@@H](CC(C)C)N(C)C(=O)OC(C)(C)C)[C@H](O)c3ccc(c(Cl)c3)Oc3cc4cc(c3O[C@@H]3O[C@H](CCC(=O)OC(C)(C)C)[C@@H](O)[C@H](O)[C@H]3O)Oc3ccc(cc3Cl)[C@@H](O)[C@@H]3NC(=O)[C@H](CC(=O)C4NC2=O)c2ccc(O)c(c2)-c2c(O)cc(O)cc2[C@@H](C(=O)CC2C4CC5CC(C4)CC2C5)NC3=O)cc1. The molecular formula is C94H111Cl2N7O25. The number of ether oxygens (including phenoxy) is 6. The largest absolute Gasteiger partial charge is 0.508 e. The molecule has 686 valence electrons. The first-order valence-corrected chi connectivity index (χ1v) is 44.1. The number of carbonyl (C=O) groups is 11. The number of hydrogen-bond donors (Lipinski definition) is 14. The second kappa shape index (κ2) is 39.1. The van der Waals surface area contributed by atoms with E-state index < -0.39 is 237 Å². The van der Waals surface area contributed by atoms with Crippen LogP contribution in [0.2, 0.25) is 10.0 Å². The number of phenols is 3. The molecule has 10 aliphatic rings. The van der Waals surface area contributed by atoms with Gasteiger partial charge in [0.15, 0.2) is 28.8 Å². The molecule has 5 fully saturated rings. The van der Waals surface area contributed by atoms with Gasteiger partial charge in [0.1, 0.15) is 101 Å². The first kappa shape index (κ1) is 94.6. The fourth-order valence-corrected chi connectivity index (χ4v) is 19.2. The number of fused-ring (bicyclic) bond motifs is 15. The summed E-state index contributed by atoms with van der Waals surface area (Å²) < 4.78 is 37.5. The Morgan fingerprint density at radius 2 is 1.25 bits per heavy atom. The molecular weight excluding hydrogens is 1700 g/mol. The van der Waals surface area contributed by atoms with Crippen molar-refractivity contribution < 1.29 is 122 Å². The maximum Gasteiger partial charge on any atom is 0.410 e. The van der Waals surface area contributed by atoms with Crippen LogP contribution in [0.25, 0.3) is 11.1 Å². The standard InChI is InChI=1S/C94H111Cl2N7O25/c1-11-12-13-44-14-19-54(20-15-44)97-91(121)98-73(110)38-53-35-65(107)78(101-88(119)62(26-43(2)3)103(10)92(122)128-94(7,8)9)80(112)48-17-22-68(60(95)33-48)123-71-36-52-37-72(85(71)126-90-84(116)83(115)82(114)70(125-90)24-25-74(111)127-93(4,5)6)124-69-23-18-49(34-61(69)96)81(113)79-89(120)100-77(67(109)41-56-50-28-45-27-46(30-50)31-51(56)29-45)59-39-55(104)40-64(106)75(59)58-32-47(16-21-63(58)105)57(87(118)102-79)42-66(108)76(52)99-86(53)117/h14-23,32-34,36-37,39-40,43,45-46,50-51,53,56-57,62,70,76-84,90,104-106,112-116H,11-13,24-31,35,38,41-42H2,1-10H3,(H,99,117)(H,100,120)(H,101,119)(H,102,118)(H2,97,98,110,121)/t45?,46?,50?,51?,53-,56?,57+,62+,70+,76?,77-,78-,79-,80+,81+,82+,83-,84+,90-/m0/s1. The quantitative estimate of drug-likeness (QED) is 0.0335. The minimum atomic E-state index is -2.29. The molecule has 0 aromatic heterocycles. The smallest absolute Gasteiger partial charge is 0.410 e. The predicted octanol–water partition coefficient (Wildman–Crippen LogP) is 11.8. The first-order valence-electron chi connectivity index (χ1n) is 43.4. The number of likely N-dealkylation sites (N-methyl/N-ethyl adjacent to an activating group) is 1. The molecule has 14 atom stereocenters. The van der Waals surface area contributed by atoms with Gasteiger partial charge in [-0.05, 0) is 235 Å². The van der Waals surface area contributed by atoms with Crippen LogP contribution < -0.4 is 46.1 Å². The molecule has 0 radical (unpaired) electrons. The average Bonchev–Trinajstić information content (AvgIpc) is 0.777. The number of aliphatic hydroxyl groups is 5. The summed E-state index contributed by atoms with van der Waals surface area (Å²) in [6, 6.07) is 10.7. The molecule has 4 aliphatic carbocycles. The van der Waals surface area contributed by atoms with E-state index in [9.17, 15) is 60.0 Å². The van der Waals surface area contributed by atoms with Gasteiger partial charge in [-0.3, -0.25) is 53.4 Å². The van der Waals surface area contributed by atoms with Gasteiger partial charge in [-0.1, -0.05) is 80.7 Å². The van der Waals surface area contributed by atoms with E-state index >= 15 is 33.6 Å². The van der Waals surface area contributed by atoms with Crippen LogP contribution in [-0.2, 0) is 63.8 Å². The molecule has 128 heavy (non-hydrogen) atoms. The van der Waals surface area contributed by atoms with Crippen LogP contribution in [0.1, 0.15) is 216 Å². The molecule has 1 unspecified atom stereocenters. The summed E-state index contributed by atoms with van der Waals surface area (Å²) in [4.78, 5) is 169. The number of benzene rings is 6. The lowest BCUT2D eigenvalue weighted by molar-refractivity contribution is -0.273. The van der Waals surface area contributed by atoms with Gasteiger partial charge in [-0.2, -0.15) is 0 Å². The highest BCUT2D eigenvalue weighted by molar-refractivity contribution is 6.32. The molecule has 6 heterocycles. The lowest BCUT2D eigenvalue weighted by atomic mass is 9.51. The number of rotatable bonds is 19. The van der Waals surface area contributed by atoms with Crippen molar-refractivity contribution in [2.24, 2.45) is 41.4 Å². The number of urea groups is 1. The fourth-order valence-electron chi connectivity index (χ4n) is 18.7. The highest BCUT2D eigenvalue weighted by atomic mass is 35.5. The number of ketones is 3. The third-order valence-electron chi connectivity index (χ3n) is 24.8. The number of imide groups is 1. The number of esters is 1. The molecule has 0 spiro atoms. The molecule has 6 aromatic rings. The molecule has 6 aromatic carbocycles. The first-order chi connectivity index (χ1) is 60.4. The van der Waals surface area contributed by atoms with E-state index in [1.54, 1.807) is 79.7 Å². The summed E-state index contributed by atoms with van der Waals surface area (Å²) in [5, 5.41) is 112. The Hall–Kier alpha value is -11.0. The summed E-state index contributed by atoms with van der Waals surface area (Å²) >= 11 is 14.5. The van der Waals surface area contributed by atoms with E-state index in [0.717, 1.165) is 104 Å². The lowest BCUT2D eigenvalue weighted by Crippen LogP contribution is -2.59. The predicted molar refractivity (Wildman–Crippen MR) is 464 cm³/mol. The van der Waals surface area contributed by atoms with Gasteiger partial charge in [0.25, 0.3) is 0 Å². The Labute approximate surface area is 749 Å². The number of halogens is 2. The average molecular weight is 1810 g/mol. The van der Waals surface area contributed by atoms with Crippen molar-refractivity contribution in [1.29, 1.82) is 0 Å². The van der Waals surface area contributed by atoms with E-state index in [0.29, 0.717) is 11.8 Å². The lowest BCUT2D eigenvalue weighted by Gasteiger charge is -2.54. The maximum atomic E-state index is 16.8. The number of Topliss-reactive ketones (excluding diaryl/α,β-unsaturated/α-hetero) is 3. The summed E-state index contributed by atoms with van der Waals surface area (Å²) in [6.07, 6.45) is -12.3. The zero-order valence-corrected chi connectivity index (χ0v) is 74.2. The Balaban J connectivity index is 0.999.